The highest BCUT2D eigenvalue weighted by atomic mass is 16.6. The summed E-state index contributed by atoms with van der Waals surface area (Å²) in [7, 11) is 0. The molecule has 0 heterocycles. The minimum Gasteiger partial charge on any atom is -0.459 e. The first kappa shape index (κ1) is 55.0. The lowest BCUT2D eigenvalue weighted by molar-refractivity contribution is -0.140. The molecule has 1 rings (SSSR count). The van der Waals surface area contributed by atoms with Gasteiger partial charge in [0.2, 0.25) is 0 Å². The van der Waals surface area contributed by atoms with E-state index in [0.29, 0.717) is 24.2 Å². The number of carbonyl (C=O) groups excluding carboxylic acids is 4. The molecule has 1 aliphatic rings. The molecule has 0 aromatic heterocycles. The molecule has 1 fully saturated rings. The van der Waals surface area contributed by atoms with Crippen molar-refractivity contribution in [2.75, 3.05) is 39.5 Å². The van der Waals surface area contributed by atoms with Crippen LogP contribution < -0.4 is 10.6 Å². The molecule has 2 amide bonds. The summed E-state index contributed by atoms with van der Waals surface area (Å²) in [6.07, 6.45) is 35.6. The minimum atomic E-state index is -0.474. The van der Waals surface area contributed by atoms with Gasteiger partial charge < -0.3 is 29.6 Å². The number of hydrogen-bond donors (Lipinski definition) is 2. The van der Waals surface area contributed by atoms with Crippen LogP contribution >= 0.6 is 0 Å². The van der Waals surface area contributed by atoms with Crippen molar-refractivity contribution >= 4 is 24.1 Å². The second-order valence-electron chi connectivity index (χ2n) is 17.6. The fourth-order valence-corrected chi connectivity index (χ4v) is 8.88. The van der Waals surface area contributed by atoms with Gasteiger partial charge in [-0.25, -0.2) is 19.2 Å². The summed E-state index contributed by atoms with van der Waals surface area (Å²) in [4.78, 5) is 46.5. The Labute approximate surface area is 366 Å². The molecule has 10 heteroatoms. The molecule has 0 bridgehead atoms. The van der Waals surface area contributed by atoms with Crippen LogP contribution in [0.3, 0.4) is 0 Å². The number of nitrogens with one attached hydrogen (secondary N) is 2. The van der Waals surface area contributed by atoms with Crippen LogP contribution in [0.4, 0.5) is 9.59 Å². The van der Waals surface area contributed by atoms with Gasteiger partial charge in [0.1, 0.15) is 26.4 Å². The van der Waals surface area contributed by atoms with E-state index in [1.807, 2.05) is 0 Å². The summed E-state index contributed by atoms with van der Waals surface area (Å²) in [6.45, 7) is 16.2. The summed E-state index contributed by atoms with van der Waals surface area (Å²) in [5.41, 5.74) is 0.656. The molecule has 348 valence electrons. The first-order valence-corrected chi connectivity index (χ1v) is 24.6. The molecule has 10 nitrogen and oxygen atoms in total. The average molecular weight is 847 g/mol. The quantitative estimate of drug-likeness (QED) is 0.0272. The summed E-state index contributed by atoms with van der Waals surface area (Å²) >= 11 is 0. The van der Waals surface area contributed by atoms with E-state index in [1.165, 1.54) is 154 Å². The molecule has 2 N–H and O–H groups in total. The van der Waals surface area contributed by atoms with Crippen molar-refractivity contribution < 1.29 is 38.1 Å². The number of rotatable bonds is 38. The van der Waals surface area contributed by atoms with Gasteiger partial charge in [-0.05, 0) is 76.0 Å². The average Bonchev–Trinajstić information content (AvgIpc) is 3.23. The molecule has 0 saturated heterocycles. The maximum absolute atomic E-state index is 11.9. The van der Waals surface area contributed by atoms with Crippen LogP contribution in [-0.4, -0.2) is 63.6 Å². The number of amides is 2. The Morgan fingerprint density at radius 2 is 0.733 bits per heavy atom. The second-order valence-corrected chi connectivity index (χ2v) is 17.6. The zero-order chi connectivity index (χ0) is 44.1. The van der Waals surface area contributed by atoms with E-state index in [2.05, 4.69) is 37.6 Å². The molecule has 4 unspecified atom stereocenters. The number of alkyl carbamates (subject to hydrolysis) is 2. The van der Waals surface area contributed by atoms with Gasteiger partial charge in [-0.1, -0.05) is 168 Å². The van der Waals surface area contributed by atoms with Gasteiger partial charge in [-0.15, -0.1) is 0 Å². The summed E-state index contributed by atoms with van der Waals surface area (Å²) in [6, 6.07) is 0. The van der Waals surface area contributed by atoms with Crippen LogP contribution in [0.15, 0.2) is 24.3 Å². The van der Waals surface area contributed by atoms with Crippen molar-refractivity contribution in [2.24, 2.45) is 23.7 Å². The van der Waals surface area contributed by atoms with Gasteiger partial charge in [0.25, 0.3) is 0 Å². The third-order valence-electron chi connectivity index (χ3n) is 12.3. The molecule has 1 saturated carbocycles. The number of carbonyl (C=O) groups is 4. The van der Waals surface area contributed by atoms with Crippen LogP contribution in [0.2, 0.25) is 0 Å². The Kier molecular flexibility index (Phi) is 34.5. The molecule has 0 aliphatic heterocycles. The molecular weight excluding hydrogens is 757 g/mol. The molecule has 0 aromatic carbocycles. The molecule has 1 aliphatic carbocycles. The zero-order valence-corrected chi connectivity index (χ0v) is 39.0. The van der Waals surface area contributed by atoms with E-state index in [1.54, 1.807) is 13.8 Å². The van der Waals surface area contributed by atoms with Crippen molar-refractivity contribution in [1.29, 1.82) is 0 Å². The lowest BCUT2D eigenvalue weighted by atomic mass is 9.61. The van der Waals surface area contributed by atoms with E-state index < -0.39 is 24.1 Å². The zero-order valence-electron chi connectivity index (χ0n) is 39.0. The van der Waals surface area contributed by atoms with Gasteiger partial charge in [0.05, 0.1) is 0 Å². The van der Waals surface area contributed by atoms with Crippen molar-refractivity contribution in [3.8, 4) is 0 Å². The van der Waals surface area contributed by atoms with Crippen LogP contribution in [0, 0.1) is 23.7 Å². The van der Waals surface area contributed by atoms with Crippen LogP contribution in [0.25, 0.3) is 0 Å². The van der Waals surface area contributed by atoms with E-state index >= 15 is 0 Å². The Morgan fingerprint density at radius 1 is 0.433 bits per heavy atom. The summed E-state index contributed by atoms with van der Waals surface area (Å²) < 4.78 is 20.0. The Morgan fingerprint density at radius 3 is 1.12 bits per heavy atom. The predicted octanol–water partition coefficient (Wildman–Crippen LogP) is 13.1. The Bertz CT molecular complexity index is 1160. The van der Waals surface area contributed by atoms with E-state index in [4.69, 9.17) is 18.9 Å². The fraction of sp³-hybridized carbons (Fsp3) is 0.840. The smallest absolute Gasteiger partial charge is 0.407 e. The lowest BCUT2D eigenvalue weighted by Gasteiger charge is -2.44. The minimum absolute atomic E-state index is 0.0349. The molecule has 4 atom stereocenters. The van der Waals surface area contributed by atoms with Crippen molar-refractivity contribution in [3.63, 3.8) is 0 Å². The monoisotopic (exact) mass is 847 g/mol. The predicted molar refractivity (Wildman–Crippen MR) is 245 cm³/mol. The maximum Gasteiger partial charge on any atom is 0.407 e. The highest BCUT2D eigenvalue weighted by molar-refractivity contribution is 5.87. The molecular formula is C50H90N2O8. The van der Waals surface area contributed by atoms with Gasteiger partial charge in [-0.3, -0.25) is 0 Å². The molecule has 0 aromatic rings. The van der Waals surface area contributed by atoms with E-state index in [0.717, 1.165) is 49.4 Å². The molecule has 0 spiro atoms. The Balaban J connectivity index is 2.44. The number of unbranched alkanes of at least 4 members (excludes halogenated alkanes) is 18. The van der Waals surface area contributed by atoms with Crippen molar-refractivity contribution in [3.05, 3.63) is 24.3 Å². The first-order chi connectivity index (χ1) is 29.1. The number of esters is 2. The van der Waals surface area contributed by atoms with Crippen LogP contribution in [0.1, 0.15) is 207 Å². The largest absolute Gasteiger partial charge is 0.459 e. The van der Waals surface area contributed by atoms with Gasteiger partial charge in [-0.2, -0.15) is 0 Å². The summed E-state index contributed by atoms with van der Waals surface area (Å²) in [5.74, 6) is 2.68. The standard InChI is InChI=1S/C50H90N2O8/c1-7-9-11-18-25-31-45-43(29-23-10-8-2)33-34-44(30-24-19-14-12-16-21-27-35-51-49(55)59-39-37-57-47(53)41(3)4)46(45)32-26-20-15-13-17-22-28-36-52-50(56)60-40-38-58-48(54)42(5)6/h43-46H,3,5,7-40H2,1-2,4,6H3,(H,51,55)(H,52,56). The highest BCUT2D eigenvalue weighted by Crippen LogP contribution is 2.47. The van der Waals surface area contributed by atoms with Gasteiger partial charge in [0, 0.05) is 24.2 Å². The van der Waals surface area contributed by atoms with Crippen molar-refractivity contribution in [2.45, 2.75) is 207 Å². The molecule has 0 radical (unpaired) electrons. The third kappa shape index (κ3) is 29.3. The maximum atomic E-state index is 11.9. The first-order valence-electron chi connectivity index (χ1n) is 24.6. The Hall–Kier alpha value is -3.04. The fourth-order valence-electron chi connectivity index (χ4n) is 8.88. The topological polar surface area (TPSA) is 129 Å². The highest BCUT2D eigenvalue weighted by Gasteiger charge is 2.37. The second kappa shape index (κ2) is 37.7. The van der Waals surface area contributed by atoms with Crippen molar-refractivity contribution in [1.82, 2.24) is 10.6 Å². The summed E-state index contributed by atoms with van der Waals surface area (Å²) in [5, 5.41) is 5.58. The lowest BCUT2D eigenvalue weighted by Crippen LogP contribution is -2.35. The SMILES string of the molecule is C=C(C)C(=O)OCCOC(=O)NCCCCCCCCCC1CCC(CCCCC)C(CCCCCCC)C1CCCCCCCCCNC(=O)OCCOC(=O)C(=C)C. The van der Waals surface area contributed by atoms with Gasteiger partial charge in [0.15, 0.2) is 0 Å². The number of ether oxygens (including phenoxy) is 4. The van der Waals surface area contributed by atoms with Crippen LogP contribution in [0.5, 0.6) is 0 Å². The van der Waals surface area contributed by atoms with Crippen LogP contribution in [-0.2, 0) is 28.5 Å². The van der Waals surface area contributed by atoms with E-state index in [9.17, 15) is 19.2 Å². The van der Waals surface area contributed by atoms with Gasteiger partial charge >= 0.3 is 24.1 Å². The molecule has 60 heavy (non-hydrogen) atoms. The number of hydrogen-bond acceptors (Lipinski definition) is 8. The van der Waals surface area contributed by atoms with E-state index in [-0.39, 0.29) is 26.4 Å². The third-order valence-corrected chi connectivity index (χ3v) is 12.3. The normalized spacial score (nSPS) is 17.4.